The second-order valence-electron chi connectivity index (χ2n) is 4.14. The summed E-state index contributed by atoms with van der Waals surface area (Å²) < 4.78 is 0.457. The van der Waals surface area contributed by atoms with Crippen LogP contribution >= 0.6 is 11.8 Å². The Bertz CT molecular complexity index is 331. The number of rotatable bonds is 4. The van der Waals surface area contributed by atoms with Crippen LogP contribution in [-0.2, 0) is 0 Å². The summed E-state index contributed by atoms with van der Waals surface area (Å²) in [4.78, 5) is 8.29. The minimum atomic E-state index is 0.457. The van der Waals surface area contributed by atoms with E-state index < -0.39 is 0 Å². The Morgan fingerprint density at radius 2 is 2.27 bits per heavy atom. The molecule has 1 aromatic heterocycles. The van der Waals surface area contributed by atoms with Crippen LogP contribution in [0.15, 0.2) is 12.4 Å². The third-order valence-corrected chi connectivity index (χ3v) is 4.51. The van der Waals surface area contributed by atoms with Crippen molar-refractivity contribution in [1.29, 1.82) is 0 Å². The normalized spacial score (nSPS) is 18.3. The Morgan fingerprint density at radius 3 is 2.80 bits per heavy atom. The van der Waals surface area contributed by atoms with Crippen molar-refractivity contribution >= 4 is 17.6 Å². The summed E-state index contributed by atoms with van der Waals surface area (Å²) in [6.07, 6.45) is 7.83. The SMILES string of the molecule is CSC1(CNc2cc(C)ncn2)CCC1. The molecule has 2 rings (SSSR count). The predicted octanol–water partition coefficient (Wildman–Crippen LogP) is 2.48. The van der Waals surface area contributed by atoms with E-state index in [1.165, 1.54) is 19.3 Å². The Morgan fingerprint density at radius 1 is 1.47 bits per heavy atom. The molecule has 0 amide bonds. The summed E-state index contributed by atoms with van der Waals surface area (Å²) in [7, 11) is 0. The van der Waals surface area contributed by atoms with Gasteiger partial charge >= 0.3 is 0 Å². The zero-order valence-electron chi connectivity index (χ0n) is 9.29. The van der Waals surface area contributed by atoms with Gasteiger partial charge in [0.2, 0.25) is 0 Å². The van der Waals surface area contributed by atoms with Gasteiger partial charge in [0.1, 0.15) is 12.1 Å². The van der Waals surface area contributed by atoms with Gasteiger partial charge in [0.15, 0.2) is 0 Å². The molecule has 0 radical (unpaired) electrons. The van der Waals surface area contributed by atoms with Crippen molar-refractivity contribution in [3.8, 4) is 0 Å². The third kappa shape index (κ3) is 2.43. The van der Waals surface area contributed by atoms with E-state index in [0.717, 1.165) is 18.1 Å². The molecule has 4 heteroatoms. The summed E-state index contributed by atoms with van der Waals surface area (Å²) in [6, 6.07) is 1.99. The lowest BCUT2D eigenvalue weighted by atomic mass is 9.84. The second-order valence-corrected chi connectivity index (χ2v) is 5.41. The highest BCUT2D eigenvalue weighted by atomic mass is 32.2. The van der Waals surface area contributed by atoms with Gasteiger partial charge in [-0.1, -0.05) is 6.42 Å². The fourth-order valence-corrected chi connectivity index (χ4v) is 2.74. The van der Waals surface area contributed by atoms with Crippen LogP contribution in [0.25, 0.3) is 0 Å². The van der Waals surface area contributed by atoms with E-state index in [9.17, 15) is 0 Å². The fraction of sp³-hybridized carbons (Fsp3) is 0.636. The Kier molecular flexibility index (Phi) is 3.14. The van der Waals surface area contributed by atoms with E-state index in [2.05, 4.69) is 21.5 Å². The number of nitrogens with zero attached hydrogens (tertiary/aromatic N) is 2. The quantitative estimate of drug-likeness (QED) is 0.851. The first-order chi connectivity index (χ1) is 7.24. The molecular weight excluding hydrogens is 206 g/mol. The molecule has 1 heterocycles. The first-order valence-electron chi connectivity index (χ1n) is 5.32. The van der Waals surface area contributed by atoms with Gasteiger partial charge in [0.05, 0.1) is 0 Å². The van der Waals surface area contributed by atoms with E-state index in [4.69, 9.17) is 0 Å². The van der Waals surface area contributed by atoms with Crippen LogP contribution in [-0.4, -0.2) is 27.5 Å². The molecule has 0 bridgehead atoms. The number of anilines is 1. The Balaban J connectivity index is 1.92. The van der Waals surface area contributed by atoms with Gasteiger partial charge in [-0.15, -0.1) is 0 Å². The van der Waals surface area contributed by atoms with Crippen molar-refractivity contribution in [3.63, 3.8) is 0 Å². The Labute approximate surface area is 95.1 Å². The summed E-state index contributed by atoms with van der Waals surface area (Å²) in [6.45, 7) is 3.01. The summed E-state index contributed by atoms with van der Waals surface area (Å²) in [5.41, 5.74) is 1.01. The lowest BCUT2D eigenvalue weighted by molar-refractivity contribution is 0.379. The van der Waals surface area contributed by atoms with Crippen LogP contribution in [0.4, 0.5) is 5.82 Å². The minimum Gasteiger partial charge on any atom is -0.369 e. The third-order valence-electron chi connectivity index (χ3n) is 3.09. The average molecular weight is 223 g/mol. The van der Waals surface area contributed by atoms with Gasteiger partial charge in [0, 0.05) is 23.1 Å². The number of hydrogen-bond acceptors (Lipinski definition) is 4. The molecule has 1 aromatic rings. The summed E-state index contributed by atoms with van der Waals surface area (Å²) >= 11 is 1.98. The highest BCUT2D eigenvalue weighted by Gasteiger charge is 2.35. The highest BCUT2D eigenvalue weighted by Crippen LogP contribution is 2.42. The number of hydrogen-bond donors (Lipinski definition) is 1. The molecule has 0 spiro atoms. The van der Waals surface area contributed by atoms with Crippen molar-refractivity contribution in [3.05, 3.63) is 18.1 Å². The molecule has 0 aliphatic heterocycles. The smallest absolute Gasteiger partial charge is 0.129 e. The lowest BCUT2D eigenvalue weighted by Crippen LogP contribution is -2.40. The highest BCUT2D eigenvalue weighted by molar-refractivity contribution is 8.00. The predicted molar refractivity (Wildman–Crippen MR) is 65.4 cm³/mol. The zero-order chi connectivity index (χ0) is 10.7. The Hall–Kier alpha value is -0.770. The van der Waals surface area contributed by atoms with Crippen LogP contribution in [0.5, 0.6) is 0 Å². The molecule has 1 aliphatic rings. The minimum absolute atomic E-state index is 0.457. The molecule has 1 aliphatic carbocycles. The van der Waals surface area contributed by atoms with E-state index in [1.54, 1.807) is 6.33 Å². The molecule has 3 nitrogen and oxygen atoms in total. The molecule has 0 saturated heterocycles. The second kappa shape index (κ2) is 4.39. The standard InChI is InChI=1S/C11H17N3S/c1-9-6-10(14-8-13-9)12-7-11(15-2)4-3-5-11/h6,8H,3-5,7H2,1-2H3,(H,12,13,14). The van der Waals surface area contributed by atoms with Crippen molar-refractivity contribution in [2.75, 3.05) is 18.1 Å². The number of aryl methyl sites for hydroxylation is 1. The molecule has 0 unspecified atom stereocenters. The first-order valence-corrected chi connectivity index (χ1v) is 6.54. The van der Waals surface area contributed by atoms with Gasteiger partial charge in [0.25, 0.3) is 0 Å². The van der Waals surface area contributed by atoms with Crippen molar-refractivity contribution in [2.24, 2.45) is 0 Å². The molecule has 0 aromatic carbocycles. The maximum Gasteiger partial charge on any atom is 0.129 e. The molecule has 1 saturated carbocycles. The first kappa shape index (κ1) is 10.7. The largest absolute Gasteiger partial charge is 0.369 e. The summed E-state index contributed by atoms with van der Waals surface area (Å²) in [5, 5.41) is 3.41. The van der Waals surface area contributed by atoms with Crippen molar-refractivity contribution < 1.29 is 0 Å². The van der Waals surface area contributed by atoms with Crippen LogP contribution in [0.1, 0.15) is 25.0 Å². The zero-order valence-corrected chi connectivity index (χ0v) is 10.1. The van der Waals surface area contributed by atoms with E-state index >= 15 is 0 Å². The maximum absolute atomic E-state index is 4.20. The van der Waals surface area contributed by atoms with Crippen molar-refractivity contribution in [1.82, 2.24) is 9.97 Å². The number of thioether (sulfide) groups is 1. The molecular formula is C11H17N3S. The number of aromatic nitrogens is 2. The summed E-state index contributed by atoms with van der Waals surface area (Å²) in [5.74, 6) is 0.947. The van der Waals surface area contributed by atoms with E-state index in [-0.39, 0.29) is 0 Å². The van der Waals surface area contributed by atoms with Gasteiger partial charge in [-0.2, -0.15) is 11.8 Å². The van der Waals surface area contributed by atoms with Crippen LogP contribution < -0.4 is 5.32 Å². The van der Waals surface area contributed by atoms with Gasteiger partial charge in [-0.05, 0) is 26.0 Å². The van der Waals surface area contributed by atoms with Gasteiger partial charge in [-0.3, -0.25) is 0 Å². The number of nitrogens with one attached hydrogen (secondary N) is 1. The maximum atomic E-state index is 4.20. The van der Waals surface area contributed by atoms with E-state index in [0.29, 0.717) is 4.75 Å². The fourth-order valence-electron chi connectivity index (χ4n) is 1.83. The lowest BCUT2D eigenvalue weighted by Gasteiger charge is -2.40. The topological polar surface area (TPSA) is 37.8 Å². The van der Waals surface area contributed by atoms with Crippen molar-refractivity contribution in [2.45, 2.75) is 30.9 Å². The van der Waals surface area contributed by atoms with E-state index in [1.807, 2.05) is 24.8 Å². The van der Waals surface area contributed by atoms with Crippen LogP contribution in [0, 0.1) is 6.92 Å². The monoisotopic (exact) mass is 223 g/mol. The van der Waals surface area contributed by atoms with Crippen LogP contribution in [0.3, 0.4) is 0 Å². The molecule has 0 atom stereocenters. The van der Waals surface area contributed by atoms with Gasteiger partial charge in [-0.25, -0.2) is 9.97 Å². The average Bonchev–Trinajstić information content (AvgIpc) is 2.17. The molecule has 1 N–H and O–H groups in total. The molecule has 1 fully saturated rings. The molecule has 82 valence electrons. The van der Waals surface area contributed by atoms with Crippen LogP contribution in [0.2, 0.25) is 0 Å². The van der Waals surface area contributed by atoms with Gasteiger partial charge < -0.3 is 5.32 Å². The molecule has 15 heavy (non-hydrogen) atoms.